The normalized spacial score (nSPS) is 11.6. The van der Waals surface area contributed by atoms with Crippen LogP contribution in [0, 0.1) is 0 Å². The molecule has 100 valence electrons. The van der Waals surface area contributed by atoms with E-state index in [1.54, 1.807) is 6.07 Å². The second-order valence-corrected chi connectivity index (χ2v) is 5.41. The Morgan fingerprint density at radius 2 is 1.84 bits per heavy atom. The lowest BCUT2D eigenvalue weighted by Gasteiger charge is -2.12. The second kappa shape index (κ2) is 5.13. The second-order valence-electron chi connectivity index (χ2n) is 3.76. The van der Waals surface area contributed by atoms with Crippen molar-refractivity contribution in [2.75, 3.05) is 5.73 Å². The molecule has 0 fully saturated rings. The van der Waals surface area contributed by atoms with E-state index in [-0.39, 0.29) is 5.82 Å². The number of nitrogens with zero attached hydrogens (tertiary/aromatic N) is 1. The number of aromatic nitrogens is 1. The van der Waals surface area contributed by atoms with Crippen LogP contribution in [0.5, 0.6) is 0 Å². The number of pyridine rings is 1. The lowest BCUT2D eigenvalue weighted by atomic mass is 10.0. The summed E-state index contributed by atoms with van der Waals surface area (Å²) < 4.78 is 39.1. The van der Waals surface area contributed by atoms with Gasteiger partial charge in [0, 0.05) is 16.2 Å². The Hall–Kier alpha value is -1.08. The average molecular weight is 396 g/mol. The molecule has 1 aromatic carbocycles. The number of alkyl halides is 3. The summed E-state index contributed by atoms with van der Waals surface area (Å²) >= 11 is 6.51. The molecule has 2 N–H and O–H groups in total. The smallest absolute Gasteiger partial charge is 0.383 e. The Bertz CT molecular complexity index is 627. The zero-order valence-electron chi connectivity index (χ0n) is 9.30. The molecule has 19 heavy (non-hydrogen) atoms. The summed E-state index contributed by atoms with van der Waals surface area (Å²) in [6, 6.07) is 5.04. The number of hydrogen-bond acceptors (Lipinski definition) is 2. The first-order chi connectivity index (χ1) is 8.80. The van der Waals surface area contributed by atoms with E-state index in [1.807, 2.05) is 0 Å². The number of benzene rings is 1. The predicted octanol–water partition coefficient (Wildman–Crippen LogP) is 4.87. The van der Waals surface area contributed by atoms with Gasteiger partial charge in [-0.3, -0.25) is 0 Å². The van der Waals surface area contributed by atoms with Crippen molar-refractivity contribution < 1.29 is 13.2 Å². The molecule has 0 unspecified atom stereocenters. The van der Waals surface area contributed by atoms with E-state index in [0.29, 0.717) is 20.1 Å². The van der Waals surface area contributed by atoms with E-state index in [1.165, 1.54) is 12.3 Å². The van der Waals surface area contributed by atoms with Gasteiger partial charge in [0.25, 0.3) is 0 Å². The molecule has 0 saturated carbocycles. The molecule has 0 aliphatic heterocycles. The van der Waals surface area contributed by atoms with Gasteiger partial charge in [0.15, 0.2) is 0 Å². The van der Waals surface area contributed by atoms with Crippen LogP contribution >= 0.6 is 31.9 Å². The lowest BCUT2D eigenvalue weighted by Crippen LogP contribution is -2.04. The van der Waals surface area contributed by atoms with Crippen molar-refractivity contribution >= 4 is 37.7 Å². The van der Waals surface area contributed by atoms with Gasteiger partial charge in [0.1, 0.15) is 5.82 Å². The zero-order valence-corrected chi connectivity index (χ0v) is 12.5. The van der Waals surface area contributed by atoms with E-state index >= 15 is 0 Å². The van der Waals surface area contributed by atoms with E-state index in [2.05, 4.69) is 36.8 Å². The van der Waals surface area contributed by atoms with Crippen molar-refractivity contribution in [1.82, 2.24) is 4.98 Å². The number of nitrogens with two attached hydrogens (primary N) is 1. The molecule has 0 aliphatic rings. The zero-order chi connectivity index (χ0) is 14.2. The largest absolute Gasteiger partial charge is 0.416 e. The predicted molar refractivity (Wildman–Crippen MR) is 74.5 cm³/mol. The maximum absolute atomic E-state index is 12.7. The van der Waals surface area contributed by atoms with Crippen LogP contribution < -0.4 is 5.73 Å². The highest BCUT2D eigenvalue weighted by Crippen LogP contribution is 2.39. The highest BCUT2D eigenvalue weighted by molar-refractivity contribution is 9.11. The first-order valence-electron chi connectivity index (χ1n) is 5.08. The van der Waals surface area contributed by atoms with Crippen molar-refractivity contribution in [2.45, 2.75) is 6.18 Å². The van der Waals surface area contributed by atoms with Crippen molar-refractivity contribution in [3.63, 3.8) is 0 Å². The molecular weight excluding hydrogens is 389 g/mol. The van der Waals surface area contributed by atoms with Crippen molar-refractivity contribution in [3.8, 4) is 11.1 Å². The number of hydrogen-bond donors (Lipinski definition) is 1. The van der Waals surface area contributed by atoms with Gasteiger partial charge in [-0.05, 0) is 49.6 Å². The molecule has 0 spiro atoms. The van der Waals surface area contributed by atoms with Gasteiger partial charge < -0.3 is 5.73 Å². The highest BCUT2D eigenvalue weighted by atomic mass is 79.9. The van der Waals surface area contributed by atoms with E-state index in [0.717, 1.165) is 12.1 Å². The molecule has 2 nitrogen and oxygen atoms in total. The fraction of sp³-hybridized carbons (Fsp3) is 0.0833. The minimum absolute atomic E-state index is 0.218. The monoisotopic (exact) mass is 394 g/mol. The molecule has 0 bridgehead atoms. The van der Waals surface area contributed by atoms with Crippen LogP contribution in [0.3, 0.4) is 0 Å². The maximum Gasteiger partial charge on any atom is 0.416 e. The number of rotatable bonds is 1. The van der Waals surface area contributed by atoms with E-state index in [9.17, 15) is 13.2 Å². The fourth-order valence-corrected chi connectivity index (χ4v) is 2.94. The average Bonchev–Trinajstić information content (AvgIpc) is 2.34. The van der Waals surface area contributed by atoms with Crippen LogP contribution in [-0.2, 0) is 6.18 Å². The number of halogens is 5. The van der Waals surface area contributed by atoms with Crippen molar-refractivity contribution in [3.05, 3.63) is 45.0 Å². The van der Waals surface area contributed by atoms with E-state index < -0.39 is 11.7 Å². The van der Waals surface area contributed by atoms with Crippen LogP contribution in [0.2, 0.25) is 0 Å². The molecule has 0 radical (unpaired) electrons. The Morgan fingerprint density at radius 3 is 2.47 bits per heavy atom. The molecule has 0 atom stereocenters. The molecule has 7 heteroatoms. The molecular formula is C12H7Br2F3N2. The summed E-state index contributed by atoms with van der Waals surface area (Å²) in [4.78, 5) is 3.90. The summed E-state index contributed by atoms with van der Waals surface area (Å²) in [5.41, 5.74) is 5.89. The minimum Gasteiger partial charge on any atom is -0.383 e. The molecule has 2 aromatic rings. The lowest BCUT2D eigenvalue weighted by molar-refractivity contribution is -0.137. The van der Waals surface area contributed by atoms with E-state index in [4.69, 9.17) is 5.73 Å². The first-order valence-corrected chi connectivity index (χ1v) is 6.66. The van der Waals surface area contributed by atoms with Crippen LogP contribution in [0.25, 0.3) is 11.1 Å². The van der Waals surface area contributed by atoms with Gasteiger partial charge in [0.05, 0.1) is 10.0 Å². The Kier molecular flexibility index (Phi) is 3.87. The first kappa shape index (κ1) is 14.3. The molecule has 0 amide bonds. The van der Waals surface area contributed by atoms with Gasteiger partial charge in [0.2, 0.25) is 0 Å². The van der Waals surface area contributed by atoms with Crippen LogP contribution in [0.15, 0.2) is 39.4 Å². The van der Waals surface area contributed by atoms with Gasteiger partial charge in [-0.1, -0.05) is 12.1 Å². The standard InChI is InChI=1S/C12H7Br2F3N2/c13-8-5-19-11(18)10(14)9(8)6-2-1-3-7(4-6)12(15,16)17/h1-5H,(H2,18,19). The summed E-state index contributed by atoms with van der Waals surface area (Å²) in [5.74, 6) is 0.218. The Balaban J connectivity index is 2.64. The van der Waals surface area contributed by atoms with Crippen LogP contribution in [0.4, 0.5) is 19.0 Å². The third kappa shape index (κ3) is 2.92. The third-order valence-corrected chi connectivity index (χ3v) is 3.88. The van der Waals surface area contributed by atoms with Crippen LogP contribution in [-0.4, -0.2) is 4.98 Å². The van der Waals surface area contributed by atoms with Gasteiger partial charge >= 0.3 is 6.18 Å². The molecule has 2 rings (SSSR count). The van der Waals surface area contributed by atoms with Crippen LogP contribution in [0.1, 0.15) is 5.56 Å². The summed E-state index contributed by atoms with van der Waals surface area (Å²) in [7, 11) is 0. The third-order valence-electron chi connectivity index (χ3n) is 2.48. The minimum atomic E-state index is -4.38. The quantitative estimate of drug-likeness (QED) is 0.747. The van der Waals surface area contributed by atoms with Gasteiger partial charge in [-0.25, -0.2) is 4.98 Å². The Morgan fingerprint density at radius 1 is 1.16 bits per heavy atom. The SMILES string of the molecule is Nc1ncc(Br)c(-c2cccc(C(F)(F)F)c2)c1Br. The molecule has 0 saturated heterocycles. The topological polar surface area (TPSA) is 38.9 Å². The summed E-state index contributed by atoms with van der Waals surface area (Å²) in [6.07, 6.45) is -2.93. The Labute approximate surface area is 124 Å². The number of anilines is 1. The summed E-state index contributed by atoms with van der Waals surface area (Å²) in [5, 5.41) is 0. The molecule has 0 aliphatic carbocycles. The van der Waals surface area contributed by atoms with Crippen molar-refractivity contribution in [2.24, 2.45) is 0 Å². The molecule has 1 heterocycles. The maximum atomic E-state index is 12.7. The van der Waals surface area contributed by atoms with Crippen molar-refractivity contribution in [1.29, 1.82) is 0 Å². The highest BCUT2D eigenvalue weighted by Gasteiger charge is 2.30. The van der Waals surface area contributed by atoms with Gasteiger partial charge in [-0.2, -0.15) is 13.2 Å². The van der Waals surface area contributed by atoms with Gasteiger partial charge in [-0.15, -0.1) is 0 Å². The summed E-state index contributed by atoms with van der Waals surface area (Å²) in [6.45, 7) is 0. The fourth-order valence-electron chi connectivity index (χ4n) is 1.60. The molecule has 1 aromatic heterocycles. The number of nitrogen functional groups attached to an aromatic ring is 1.